The number of amides is 1. The van der Waals surface area contributed by atoms with E-state index in [1.54, 1.807) is 0 Å². The second-order valence-corrected chi connectivity index (χ2v) is 4.42. The average molecular weight is 223 g/mol. The van der Waals surface area contributed by atoms with E-state index in [4.69, 9.17) is 9.66 Å². The Hall–Kier alpha value is -0.920. The predicted molar refractivity (Wildman–Crippen MR) is 50.0 cm³/mol. The Balaban J connectivity index is 3.94. The van der Waals surface area contributed by atoms with Crippen molar-refractivity contribution in [3.63, 3.8) is 0 Å². The summed E-state index contributed by atoms with van der Waals surface area (Å²) in [6.07, 6.45) is -1.57. The van der Waals surface area contributed by atoms with Crippen LogP contribution in [0.3, 0.4) is 0 Å². The number of aliphatic hydroxyl groups is 1. The molecule has 1 atom stereocenters. The molecule has 6 nitrogen and oxygen atoms in total. The van der Waals surface area contributed by atoms with Crippen LogP contribution >= 0.6 is 0 Å². The van der Waals surface area contributed by atoms with Crippen molar-refractivity contribution in [2.45, 2.75) is 19.6 Å². The van der Waals surface area contributed by atoms with Crippen LogP contribution in [0.5, 0.6) is 0 Å². The molecular weight excluding hydrogens is 210 g/mol. The minimum Gasteiger partial charge on any atom is -0.374 e. The summed E-state index contributed by atoms with van der Waals surface area (Å²) >= 11 is 0. The van der Waals surface area contributed by atoms with E-state index in [-0.39, 0.29) is 12.0 Å². The Kier molecular flexibility index (Phi) is 4.75. The molecule has 0 saturated carbocycles. The number of nitrogens with one attached hydrogen (secondary N) is 1. The maximum atomic E-state index is 10.9. The molecule has 0 radical (unpaired) electrons. The van der Waals surface area contributed by atoms with Gasteiger partial charge in [-0.15, -0.1) is 0 Å². The third-order valence-electron chi connectivity index (χ3n) is 1.33. The standard InChI is InChI=1S/C7H13NO5S/c1-5(2)7(10)8-6(9)3-4-14(11,12)13/h6,9H,1,3-4H2,2H3,(H,8,10)(H,11,12,13). The number of hydrogen-bond donors (Lipinski definition) is 3. The molecule has 0 aromatic rings. The van der Waals surface area contributed by atoms with Crippen LogP contribution in [0.2, 0.25) is 0 Å². The van der Waals surface area contributed by atoms with Crippen molar-refractivity contribution in [3.05, 3.63) is 12.2 Å². The molecule has 7 heteroatoms. The fourth-order valence-electron chi connectivity index (χ4n) is 0.607. The summed E-state index contributed by atoms with van der Waals surface area (Å²) < 4.78 is 28.9. The van der Waals surface area contributed by atoms with E-state index in [2.05, 4.69) is 11.9 Å². The fraction of sp³-hybridized carbons (Fsp3) is 0.571. The van der Waals surface area contributed by atoms with Gasteiger partial charge in [0.05, 0.1) is 5.75 Å². The number of aliphatic hydroxyl groups excluding tert-OH is 1. The van der Waals surface area contributed by atoms with Gasteiger partial charge in [-0.05, 0) is 6.92 Å². The van der Waals surface area contributed by atoms with Crippen LogP contribution in [0, 0.1) is 0 Å². The summed E-state index contributed by atoms with van der Waals surface area (Å²) in [5.41, 5.74) is 0.205. The molecule has 0 aromatic heterocycles. The Bertz CT molecular complexity index is 321. The van der Waals surface area contributed by atoms with Gasteiger partial charge in [0, 0.05) is 12.0 Å². The summed E-state index contributed by atoms with van der Waals surface area (Å²) in [7, 11) is -4.11. The largest absolute Gasteiger partial charge is 0.374 e. The molecule has 0 aliphatic carbocycles. The quantitative estimate of drug-likeness (QED) is 0.324. The van der Waals surface area contributed by atoms with Crippen molar-refractivity contribution in [3.8, 4) is 0 Å². The first-order valence-electron chi connectivity index (χ1n) is 3.82. The molecule has 0 aliphatic heterocycles. The number of carbonyl (C=O) groups is 1. The van der Waals surface area contributed by atoms with E-state index in [0.717, 1.165) is 0 Å². The first-order chi connectivity index (χ1) is 6.22. The molecular formula is C7H13NO5S. The lowest BCUT2D eigenvalue weighted by atomic mass is 10.3. The molecule has 1 amide bonds. The zero-order valence-electron chi connectivity index (χ0n) is 7.73. The maximum absolute atomic E-state index is 10.9. The van der Waals surface area contributed by atoms with Crippen LogP contribution in [-0.2, 0) is 14.9 Å². The van der Waals surface area contributed by atoms with Crippen molar-refractivity contribution in [1.29, 1.82) is 0 Å². The minimum absolute atomic E-state index is 0.205. The van der Waals surface area contributed by atoms with Crippen molar-refractivity contribution in [1.82, 2.24) is 5.32 Å². The average Bonchev–Trinajstić information content (AvgIpc) is 1.99. The van der Waals surface area contributed by atoms with Gasteiger partial charge >= 0.3 is 0 Å². The zero-order chi connectivity index (χ0) is 11.4. The molecule has 3 N–H and O–H groups in total. The number of rotatable bonds is 5. The van der Waals surface area contributed by atoms with Crippen molar-refractivity contribution in [2.75, 3.05) is 5.75 Å². The Morgan fingerprint density at radius 3 is 2.43 bits per heavy atom. The van der Waals surface area contributed by atoms with Gasteiger partial charge in [-0.25, -0.2) is 0 Å². The van der Waals surface area contributed by atoms with Gasteiger partial charge in [0.25, 0.3) is 10.1 Å². The smallest absolute Gasteiger partial charge is 0.265 e. The van der Waals surface area contributed by atoms with Crippen molar-refractivity contribution >= 4 is 16.0 Å². The Morgan fingerprint density at radius 1 is 1.57 bits per heavy atom. The zero-order valence-corrected chi connectivity index (χ0v) is 8.54. The van der Waals surface area contributed by atoms with Gasteiger partial charge in [-0.3, -0.25) is 9.35 Å². The Labute approximate surface area is 82.4 Å². The first-order valence-corrected chi connectivity index (χ1v) is 5.43. The van der Waals surface area contributed by atoms with E-state index >= 15 is 0 Å². The fourth-order valence-corrected chi connectivity index (χ4v) is 1.13. The van der Waals surface area contributed by atoms with E-state index in [9.17, 15) is 13.2 Å². The van der Waals surface area contributed by atoms with Gasteiger partial charge in [-0.2, -0.15) is 8.42 Å². The SMILES string of the molecule is C=C(C)C(=O)NC(O)CCS(=O)(=O)O. The molecule has 14 heavy (non-hydrogen) atoms. The minimum atomic E-state index is -4.11. The van der Waals surface area contributed by atoms with Gasteiger partial charge in [0.15, 0.2) is 0 Å². The lowest BCUT2D eigenvalue weighted by Crippen LogP contribution is -2.36. The predicted octanol–water partition coefficient (Wildman–Crippen LogP) is -0.725. The molecule has 0 bridgehead atoms. The summed E-state index contributed by atoms with van der Waals surface area (Å²) in [5.74, 6) is -1.17. The summed E-state index contributed by atoms with van der Waals surface area (Å²) in [6, 6.07) is 0. The first kappa shape index (κ1) is 13.1. The third kappa shape index (κ3) is 6.58. The summed E-state index contributed by atoms with van der Waals surface area (Å²) in [5, 5.41) is 11.2. The Morgan fingerprint density at radius 2 is 2.07 bits per heavy atom. The molecule has 0 rings (SSSR count). The van der Waals surface area contributed by atoms with Gasteiger partial charge in [-0.1, -0.05) is 6.58 Å². The molecule has 82 valence electrons. The lowest BCUT2D eigenvalue weighted by Gasteiger charge is -2.11. The van der Waals surface area contributed by atoms with Gasteiger partial charge in [0.2, 0.25) is 5.91 Å². The summed E-state index contributed by atoms with van der Waals surface area (Å²) in [4.78, 5) is 10.9. The topological polar surface area (TPSA) is 104 Å². The van der Waals surface area contributed by atoms with E-state index < -0.39 is 28.0 Å². The van der Waals surface area contributed by atoms with Gasteiger partial charge in [0.1, 0.15) is 6.23 Å². The van der Waals surface area contributed by atoms with Crippen LogP contribution in [0.25, 0.3) is 0 Å². The van der Waals surface area contributed by atoms with E-state index in [1.807, 2.05) is 0 Å². The van der Waals surface area contributed by atoms with E-state index in [1.165, 1.54) is 6.92 Å². The number of carbonyl (C=O) groups excluding carboxylic acids is 1. The van der Waals surface area contributed by atoms with Crippen molar-refractivity contribution < 1.29 is 22.9 Å². The van der Waals surface area contributed by atoms with Crippen LogP contribution < -0.4 is 5.32 Å². The second kappa shape index (κ2) is 5.08. The molecule has 0 spiro atoms. The molecule has 0 saturated heterocycles. The highest BCUT2D eigenvalue weighted by Gasteiger charge is 2.12. The third-order valence-corrected chi connectivity index (χ3v) is 2.09. The van der Waals surface area contributed by atoms with Gasteiger partial charge < -0.3 is 10.4 Å². The maximum Gasteiger partial charge on any atom is 0.265 e. The van der Waals surface area contributed by atoms with Crippen LogP contribution in [0.15, 0.2) is 12.2 Å². The lowest BCUT2D eigenvalue weighted by molar-refractivity contribution is -0.120. The normalized spacial score (nSPS) is 13.4. The monoisotopic (exact) mass is 223 g/mol. The van der Waals surface area contributed by atoms with Crippen LogP contribution in [0.1, 0.15) is 13.3 Å². The molecule has 0 fully saturated rings. The molecule has 1 unspecified atom stereocenters. The van der Waals surface area contributed by atoms with Crippen LogP contribution in [-0.4, -0.2) is 36.0 Å². The number of hydrogen-bond acceptors (Lipinski definition) is 4. The molecule has 0 aromatic carbocycles. The highest BCUT2D eigenvalue weighted by atomic mass is 32.2. The van der Waals surface area contributed by atoms with Crippen molar-refractivity contribution in [2.24, 2.45) is 0 Å². The summed E-state index contributed by atoms with van der Waals surface area (Å²) in [6.45, 7) is 4.78. The molecule has 0 aliphatic rings. The molecule has 0 heterocycles. The van der Waals surface area contributed by atoms with E-state index in [0.29, 0.717) is 0 Å². The second-order valence-electron chi connectivity index (χ2n) is 2.84. The van der Waals surface area contributed by atoms with Crippen LogP contribution in [0.4, 0.5) is 0 Å². The highest BCUT2D eigenvalue weighted by molar-refractivity contribution is 7.85. The highest BCUT2D eigenvalue weighted by Crippen LogP contribution is 1.95.